The fourth-order valence-corrected chi connectivity index (χ4v) is 5.48. The smallest absolute Gasteiger partial charge is 0.186 e. The molecule has 1 saturated heterocycles. The Morgan fingerprint density at radius 1 is 1.00 bits per heavy atom. The van der Waals surface area contributed by atoms with Crippen LogP contribution in [0.4, 0.5) is 5.13 Å². The molecule has 2 aromatic heterocycles. The molecule has 1 atom stereocenters. The summed E-state index contributed by atoms with van der Waals surface area (Å²) >= 11 is 1.74. The first kappa shape index (κ1) is 23.5. The van der Waals surface area contributed by atoms with Crippen molar-refractivity contribution in [2.24, 2.45) is 0 Å². The van der Waals surface area contributed by atoms with Crippen molar-refractivity contribution in [2.75, 3.05) is 59.0 Å². The minimum Gasteiger partial charge on any atom is -0.497 e. The van der Waals surface area contributed by atoms with Crippen LogP contribution in [0.1, 0.15) is 17.4 Å². The Hall–Kier alpha value is -3.28. The number of thiazole rings is 1. The molecule has 0 saturated carbocycles. The summed E-state index contributed by atoms with van der Waals surface area (Å²) in [4.78, 5) is 9.61. The molecule has 0 aliphatic carbocycles. The van der Waals surface area contributed by atoms with Crippen LogP contribution in [0.25, 0.3) is 10.2 Å². The van der Waals surface area contributed by atoms with E-state index in [2.05, 4.69) is 43.5 Å². The van der Waals surface area contributed by atoms with Gasteiger partial charge >= 0.3 is 0 Å². The van der Waals surface area contributed by atoms with E-state index in [4.69, 9.17) is 19.2 Å². The highest BCUT2D eigenvalue weighted by Crippen LogP contribution is 2.37. The topological polar surface area (TPSA) is 90.7 Å². The summed E-state index contributed by atoms with van der Waals surface area (Å²) in [6.45, 7) is 4.42. The molecular weight excluding hydrogens is 466 g/mol. The Labute approximate surface area is 208 Å². The van der Waals surface area contributed by atoms with E-state index in [0.29, 0.717) is 13.2 Å². The number of benzene rings is 2. The largest absolute Gasteiger partial charge is 0.497 e. The number of para-hydroxylation sites is 1. The molecule has 5 rings (SSSR count). The van der Waals surface area contributed by atoms with Crippen LogP contribution >= 0.6 is 11.3 Å². The van der Waals surface area contributed by atoms with Crippen molar-refractivity contribution < 1.29 is 14.2 Å². The molecule has 3 heterocycles. The molecule has 35 heavy (non-hydrogen) atoms. The van der Waals surface area contributed by atoms with Crippen molar-refractivity contribution in [1.29, 1.82) is 0 Å². The number of hydrogen-bond donors (Lipinski definition) is 0. The molecular formula is C24H29N7O3S. The zero-order chi connectivity index (χ0) is 24.2. The first-order valence-corrected chi connectivity index (χ1v) is 12.3. The van der Waals surface area contributed by atoms with Crippen molar-refractivity contribution in [1.82, 2.24) is 30.1 Å². The molecule has 2 aromatic carbocycles. The van der Waals surface area contributed by atoms with Gasteiger partial charge in [0.2, 0.25) is 0 Å². The summed E-state index contributed by atoms with van der Waals surface area (Å²) in [6, 6.07) is 13.9. The lowest BCUT2D eigenvalue weighted by Crippen LogP contribution is -2.48. The summed E-state index contributed by atoms with van der Waals surface area (Å²) in [7, 11) is 5.02. The average molecular weight is 496 g/mol. The summed E-state index contributed by atoms with van der Waals surface area (Å²) in [5.74, 6) is 2.28. The third-order valence-electron chi connectivity index (χ3n) is 6.28. The Morgan fingerprint density at radius 3 is 2.57 bits per heavy atom. The number of nitrogens with zero attached hydrogens (tertiary/aromatic N) is 7. The monoisotopic (exact) mass is 495 g/mol. The Bertz CT molecular complexity index is 1240. The van der Waals surface area contributed by atoms with E-state index in [-0.39, 0.29) is 6.04 Å². The minimum atomic E-state index is -0.204. The van der Waals surface area contributed by atoms with Crippen molar-refractivity contribution in [3.63, 3.8) is 0 Å². The van der Waals surface area contributed by atoms with E-state index >= 15 is 0 Å². The maximum Gasteiger partial charge on any atom is 0.186 e. The van der Waals surface area contributed by atoms with Gasteiger partial charge in [-0.1, -0.05) is 23.5 Å². The number of fused-ring (bicyclic) bond motifs is 1. The third-order valence-corrected chi connectivity index (χ3v) is 7.37. The van der Waals surface area contributed by atoms with Crippen LogP contribution in [-0.4, -0.2) is 84.2 Å². The quantitative estimate of drug-likeness (QED) is 0.348. The number of piperazine rings is 1. The lowest BCUT2D eigenvalue weighted by Gasteiger charge is -2.39. The van der Waals surface area contributed by atoms with Gasteiger partial charge in [0.05, 0.1) is 37.6 Å². The number of ether oxygens (including phenoxy) is 3. The van der Waals surface area contributed by atoms with Gasteiger partial charge in [-0.05, 0) is 40.8 Å². The van der Waals surface area contributed by atoms with Gasteiger partial charge in [-0.25, -0.2) is 9.67 Å². The number of methoxy groups -OCH3 is 3. The number of tetrazole rings is 1. The lowest BCUT2D eigenvalue weighted by atomic mass is 10.0. The van der Waals surface area contributed by atoms with Crippen LogP contribution in [0, 0.1) is 0 Å². The van der Waals surface area contributed by atoms with Crippen molar-refractivity contribution in [2.45, 2.75) is 12.6 Å². The lowest BCUT2D eigenvalue weighted by molar-refractivity contribution is 0.171. The average Bonchev–Trinajstić information content (AvgIpc) is 3.55. The zero-order valence-electron chi connectivity index (χ0n) is 20.1. The molecule has 11 heteroatoms. The van der Waals surface area contributed by atoms with E-state index < -0.39 is 0 Å². The first-order chi connectivity index (χ1) is 17.2. The van der Waals surface area contributed by atoms with Crippen LogP contribution in [0.3, 0.4) is 0 Å². The highest BCUT2D eigenvalue weighted by atomic mass is 32.1. The standard InChI is InChI=1S/C24H29N7O3S/c1-32-15-14-31-23(26-27-28-31)22(18-16-17(33-2)8-9-20(18)34-3)29-10-12-30(13-11-29)24-25-19-6-4-5-7-21(19)35-24/h4-9,16,22H,10-15H2,1-3H3/t22-/m0/s1. The number of rotatable bonds is 9. The van der Waals surface area contributed by atoms with Gasteiger partial charge in [0.1, 0.15) is 17.5 Å². The molecule has 1 fully saturated rings. The number of anilines is 1. The van der Waals surface area contributed by atoms with Gasteiger partial charge < -0.3 is 19.1 Å². The molecule has 10 nitrogen and oxygen atoms in total. The van der Waals surface area contributed by atoms with Gasteiger partial charge in [-0.15, -0.1) is 5.10 Å². The summed E-state index contributed by atoms with van der Waals surface area (Å²) in [6.07, 6.45) is 0. The SMILES string of the molecule is COCCn1nnnc1[C@H](c1cc(OC)ccc1OC)N1CCN(c2nc3ccccc3s2)CC1. The fraction of sp³-hybridized carbons (Fsp3) is 0.417. The van der Waals surface area contributed by atoms with Crippen LogP contribution in [0.5, 0.6) is 11.5 Å². The zero-order valence-corrected chi connectivity index (χ0v) is 20.9. The normalized spacial score (nSPS) is 15.5. The Kier molecular flexibility index (Phi) is 7.07. The molecule has 0 bridgehead atoms. The molecule has 0 unspecified atom stereocenters. The third kappa shape index (κ3) is 4.79. The van der Waals surface area contributed by atoms with Crippen LogP contribution in [0.2, 0.25) is 0 Å². The molecule has 1 aliphatic heterocycles. The Morgan fingerprint density at radius 2 is 1.83 bits per heavy atom. The molecule has 0 spiro atoms. The molecule has 184 valence electrons. The predicted octanol–water partition coefficient (Wildman–Crippen LogP) is 2.86. The maximum absolute atomic E-state index is 5.76. The predicted molar refractivity (Wildman–Crippen MR) is 134 cm³/mol. The summed E-state index contributed by atoms with van der Waals surface area (Å²) in [5, 5.41) is 13.7. The van der Waals surface area contributed by atoms with Crippen molar-refractivity contribution >= 4 is 26.7 Å². The highest BCUT2D eigenvalue weighted by molar-refractivity contribution is 7.22. The number of hydrogen-bond acceptors (Lipinski definition) is 10. The minimum absolute atomic E-state index is 0.204. The van der Waals surface area contributed by atoms with Crippen LogP contribution < -0.4 is 14.4 Å². The molecule has 0 N–H and O–H groups in total. The summed E-state index contributed by atoms with van der Waals surface area (Å²) < 4.78 is 19.6. The van der Waals surface area contributed by atoms with Gasteiger partial charge in [0, 0.05) is 38.9 Å². The molecule has 4 aromatic rings. The van der Waals surface area contributed by atoms with E-state index in [9.17, 15) is 0 Å². The molecule has 0 radical (unpaired) electrons. The van der Waals surface area contributed by atoms with Gasteiger partial charge in [0.25, 0.3) is 0 Å². The second-order valence-electron chi connectivity index (χ2n) is 8.25. The molecule has 0 amide bonds. The van der Waals surface area contributed by atoms with Gasteiger partial charge in [-0.2, -0.15) is 0 Å². The van der Waals surface area contributed by atoms with Crippen molar-refractivity contribution in [3.05, 3.63) is 53.9 Å². The van der Waals surface area contributed by atoms with E-state index in [0.717, 1.165) is 59.7 Å². The van der Waals surface area contributed by atoms with E-state index in [1.165, 1.54) is 4.70 Å². The second kappa shape index (κ2) is 10.5. The highest BCUT2D eigenvalue weighted by Gasteiger charge is 2.33. The molecule has 1 aliphatic rings. The van der Waals surface area contributed by atoms with Crippen LogP contribution in [-0.2, 0) is 11.3 Å². The fourth-order valence-electron chi connectivity index (χ4n) is 4.46. The van der Waals surface area contributed by atoms with Crippen LogP contribution in [0.15, 0.2) is 42.5 Å². The van der Waals surface area contributed by atoms with E-state index in [1.54, 1.807) is 32.7 Å². The number of aromatic nitrogens is 5. The Balaban J connectivity index is 1.45. The maximum atomic E-state index is 5.76. The van der Waals surface area contributed by atoms with Crippen molar-refractivity contribution in [3.8, 4) is 11.5 Å². The second-order valence-corrected chi connectivity index (χ2v) is 9.26. The van der Waals surface area contributed by atoms with Gasteiger partial charge in [-0.3, -0.25) is 4.90 Å². The van der Waals surface area contributed by atoms with Gasteiger partial charge in [0.15, 0.2) is 11.0 Å². The van der Waals surface area contributed by atoms with E-state index in [1.807, 2.05) is 28.9 Å². The first-order valence-electron chi connectivity index (χ1n) is 11.5. The summed E-state index contributed by atoms with van der Waals surface area (Å²) in [5.41, 5.74) is 2.01.